The molecule has 0 radical (unpaired) electrons. The minimum atomic E-state index is 0.182. The Balaban J connectivity index is 0.00000113. The van der Waals surface area contributed by atoms with Gasteiger partial charge in [0, 0.05) is 28.8 Å². The smallest absolute Gasteiger partial charge is 0.0491 e. The SMILES string of the molecule is C/C=C\c1c(Nc2ccc(C(C)(C)C)cc2)ccnc1C.CC.CCC. The first kappa shape index (κ1) is 23.9. The highest BCUT2D eigenvalue weighted by Gasteiger charge is 2.13. The molecule has 0 atom stereocenters. The number of rotatable bonds is 3. The van der Waals surface area contributed by atoms with Crippen LogP contribution in [0.1, 0.15) is 78.6 Å². The first-order valence-corrected chi connectivity index (χ1v) is 9.79. The van der Waals surface area contributed by atoms with Crippen molar-refractivity contribution in [3.8, 4) is 0 Å². The third-order valence-electron chi connectivity index (χ3n) is 3.55. The predicted molar refractivity (Wildman–Crippen MR) is 119 cm³/mol. The Labute approximate surface area is 161 Å². The molecule has 0 saturated carbocycles. The van der Waals surface area contributed by atoms with Gasteiger partial charge in [-0.1, -0.05) is 79.2 Å². The molecule has 2 nitrogen and oxygen atoms in total. The Morgan fingerprint density at radius 2 is 1.54 bits per heavy atom. The van der Waals surface area contributed by atoms with Crippen molar-refractivity contribution in [2.24, 2.45) is 0 Å². The summed E-state index contributed by atoms with van der Waals surface area (Å²) in [5, 5.41) is 3.49. The van der Waals surface area contributed by atoms with Crippen molar-refractivity contribution in [1.29, 1.82) is 0 Å². The summed E-state index contributed by atoms with van der Waals surface area (Å²) in [6, 6.07) is 10.7. The van der Waals surface area contributed by atoms with Crippen molar-refractivity contribution in [2.75, 3.05) is 5.32 Å². The van der Waals surface area contributed by atoms with Crippen molar-refractivity contribution in [3.05, 3.63) is 59.4 Å². The van der Waals surface area contributed by atoms with Crippen LogP contribution in [-0.2, 0) is 5.41 Å². The quantitative estimate of drug-likeness (QED) is 0.605. The second-order valence-corrected chi connectivity index (χ2v) is 7.02. The number of benzene rings is 1. The van der Waals surface area contributed by atoms with Gasteiger partial charge in [-0.3, -0.25) is 4.98 Å². The van der Waals surface area contributed by atoms with Gasteiger partial charge in [0.25, 0.3) is 0 Å². The van der Waals surface area contributed by atoms with E-state index in [4.69, 9.17) is 0 Å². The highest BCUT2D eigenvalue weighted by atomic mass is 14.9. The molecular formula is C24H38N2. The van der Waals surface area contributed by atoms with E-state index >= 15 is 0 Å². The van der Waals surface area contributed by atoms with Crippen molar-refractivity contribution < 1.29 is 0 Å². The van der Waals surface area contributed by atoms with Crippen LogP contribution in [0.2, 0.25) is 0 Å². The van der Waals surface area contributed by atoms with E-state index in [-0.39, 0.29) is 5.41 Å². The van der Waals surface area contributed by atoms with E-state index in [2.05, 4.69) is 75.3 Å². The van der Waals surface area contributed by atoms with Gasteiger partial charge in [-0.15, -0.1) is 0 Å². The van der Waals surface area contributed by atoms with Crippen LogP contribution in [0.15, 0.2) is 42.6 Å². The topological polar surface area (TPSA) is 24.9 Å². The predicted octanol–water partition coefficient (Wildman–Crippen LogP) is 7.91. The molecule has 0 unspecified atom stereocenters. The largest absolute Gasteiger partial charge is 0.355 e. The number of aromatic nitrogens is 1. The number of aryl methyl sites for hydroxylation is 1. The third kappa shape index (κ3) is 7.86. The van der Waals surface area contributed by atoms with Crippen LogP contribution in [0.3, 0.4) is 0 Å². The Kier molecular flexibility index (Phi) is 11.3. The van der Waals surface area contributed by atoms with Crippen LogP contribution in [0.25, 0.3) is 6.08 Å². The Morgan fingerprint density at radius 1 is 1.00 bits per heavy atom. The summed E-state index contributed by atoms with van der Waals surface area (Å²) in [7, 11) is 0. The summed E-state index contributed by atoms with van der Waals surface area (Å²) in [5.41, 5.74) is 5.88. The lowest BCUT2D eigenvalue weighted by atomic mass is 9.87. The van der Waals surface area contributed by atoms with Gasteiger partial charge in [-0.25, -0.2) is 0 Å². The maximum atomic E-state index is 4.36. The molecule has 1 N–H and O–H groups in total. The molecule has 1 aromatic carbocycles. The lowest BCUT2D eigenvalue weighted by molar-refractivity contribution is 0.590. The van der Waals surface area contributed by atoms with E-state index in [1.165, 1.54) is 12.0 Å². The van der Waals surface area contributed by atoms with E-state index in [9.17, 15) is 0 Å². The van der Waals surface area contributed by atoms with Gasteiger partial charge < -0.3 is 5.32 Å². The van der Waals surface area contributed by atoms with E-state index in [0.29, 0.717) is 0 Å². The standard InChI is InChI=1S/C19H24N2.C3H8.C2H6/c1-6-7-17-14(2)20-13-12-18(17)21-16-10-8-15(9-11-16)19(3,4)5;1-3-2;1-2/h6-13H,1-5H3,(H,20,21);3H2,1-2H3;1-2H3/b7-6-;;. The van der Waals surface area contributed by atoms with Crippen LogP contribution < -0.4 is 5.32 Å². The maximum Gasteiger partial charge on any atom is 0.0491 e. The Bertz CT molecular complexity index is 647. The summed E-state index contributed by atoms with van der Waals surface area (Å²) in [4.78, 5) is 4.36. The lowest BCUT2D eigenvalue weighted by Crippen LogP contribution is -2.10. The average molecular weight is 355 g/mol. The number of nitrogens with one attached hydrogen (secondary N) is 1. The molecule has 2 rings (SSSR count). The van der Waals surface area contributed by atoms with Crippen molar-refractivity contribution in [1.82, 2.24) is 4.98 Å². The first-order chi connectivity index (χ1) is 12.3. The van der Waals surface area contributed by atoms with Gasteiger partial charge in [0.1, 0.15) is 0 Å². The van der Waals surface area contributed by atoms with E-state index < -0.39 is 0 Å². The van der Waals surface area contributed by atoms with Gasteiger partial charge in [0.05, 0.1) is 0 Å². The molecule has 0 bridgehead atoms. The fraction of sp³-hybridized carbons (Fsp3) is 0.458. The summed E-state index contributed by atoms with van der Waals surface area (Å²) in [5.74, 6) is 0. The Hall–Kier alpha value is -2.09. The van der Waals surface area contributed by atoms with Gasteiger partial charge in [0.2, 0.25) is 0 Å². The molecule has 0 fully saturated rings. The molecule has 26 heavy (non-hydrogen) atoms. The number of anilines is 2. The summed E-state index contributed by atoms with van der Waals surface area (Å²) < 4.78 is 0. The molecule has 144 valence electrons. The zero-order valence-electron chi connectivity index (χ0n) is 18.3. The van der Waals surface area contributed by atoms with Crippen LogP contribution in [0.5, 0.6) is 0 Å². The number of nitrogens with zero attached hydrogens (tertiary/aromatic N) is 1. The molecule has 0 aliphatic heterocycles. The number of pyridine rings is 1. The zero-order valence-corrected chi connectivity index (χ0v) is 18.3. The van der Waals surface area contributed by atoms with Crippen LogP contribution in [0, 0.1) is 6.92 Å². The molecule has 0 aliphatic carbocycles. The fourth-order valence-corrected chi connectivity index (χ4v) is 2.27. The van der Waals surface area contributed by atoms with Crippen molar-refractivity contribution in [2.45, 2.75) is 74.1 Å². The van der Waals surface area contributed by atoms with Crippen molar-refractivity contribution >= 4 is 17.5 Å². The minimum absolute atomic E-state index is 0.182. The van der Waals surface area contributed by atoms with Gasteiger partial charge in [0.15, 0.2) is 0 Å². The van der Waals surface area contributed by atoms with Gasteiger partial charge in [-0.05, 0) is 43.0 Å². The van der Waals surface area contributed by atoms with E-state index in [0.717, 1.165) is 22.6 Å². The number of hydrogen-bond donors (Lipinski definition) is 1. The van der Waals surface area contributed by atoms with Crippen LogP contribution in [-0.4, -0.2) is 4.98 Å². The molecule has 2 heteroatoms. The zero-order chi connectivity index (χ0) is 20.2. The highest BCUT2D eigenvalue weighted by molar-refractivity contribution is 5.73. The second kappa shape index (κ2) is 12.3. The van der Waals surface area contributed by atoms with Gasteiger partial charge in [-0.2, -0.15) is 0 Å². The van der Waals surface area contributed by atoms with E-state index in [1.54, 1.807) is 0 Å². The fourth-order valence-electron chi connectivity index (χ4n) is 2.27. The summed E-state index contributed by atoms with van der Waals surface area (Å²) >= 11 is 0. The van der Waals surface area contributed by atoms with Crippen molar-refractivity contribution in [3.63, 3.8) is 0 Å². The van der Waals surface area contributed by atoms with E-state index in [1.807, 2.05) is 46.0 Å². The Morgan fingerprint density at radius 3 is 2.00 bits per heavy atom. The number of allylic oxidation sites excluding steroid dienone is 1. The van der Waals surface area contributed by atoms with Gasteiger partial charge >= 0.3 is 0 Å². The van der Waals surface area contributed by atoms with Crippen LogP contribution >= 0.6 is 0 Å². The molecule has 0 amide bonds. The highest BCUT2D eigenvalue weighted by Crippen LogP contribution is 2.27. The summed E-state index contributed by atoms with van der Waals surface area (Å²) in [6.45, 7) is 19.0. The monoisotopic (exact) mass is 354 g/mol. The van der Waals surface area contributed by atoms with Crippen LogP contribution in [0.4, 0.5) is 11.4 Å². The molecule has 0 aliphatic rings. The normalized spacial score (nSPS) is 10.5. The molecule has 1 aromatic heterocycles. The lowest BCUT2D eigenvalue weighted by Gasteiger charge is -2.19. The molecular weight excluding hydrogens is 316 g/mol. The minimum Gasteiger partial charge on any atom is -0.355 e. The molecule has 0 saturated heterocycles. The molecule has 0 spiro atoms. The molecule has 2 aromatic rings. The third-order valence-corrected chi connectivity index (χ3v) is 3.55. The average Bonchev–Trinajstić information content (AvgIpc) is 2.60. The number of hydrogen-bond acceptors (Lipinski definition) is 2. The summed E-state index contributed by atoms with van der Waals surface area (Å²) in [6.07, 6.45) is 7.22. The first-order valence-electron chi connectivity index (χ1n) is 9.79. The molecule has 1 heterocycles. The second-order valence-electron chi connectivity index (χ2n) is 7.02. The maximum absolute atomic E-state index is 4.36.